The van der Waals surface area contributed by atoms with Gasteiger partial charge in [0.25, 0.3) is 5.91 Å². The molecule has 0 radical (unpaired) electrons. The fourth-order valence-corrected chi connectivity index (χ4v) is 2.28. The van der Waals surface area contributed by atoms with Gasteiger partial charge in [-0.25, -0.2) is 14.8 Å². The number of hydrogen-bond acceptors (Lipinski definition) is 5. The standard InChI is InChI=1S/C15H15N5O2.ClH/c1-9-14(21)20(15(22)18-9)8-12-17-7-11(16)13(19-12)10-5-3-2-4-6-10;/h2-7,9H,8,16H2,1H3,(H,18,22);1H. The molecule has 3 rings (SSSR count). The van der Waals surface area contributed by atoms with Crippen LogP contribution in [0.5, 0.6) is 0 Å². The number of hydrogen-bond donors (Lipinski definition) is 2. The van der Waals surface area contributed by atoms with Crippen molar-refractivity contribution in [3.05, 3.63) is 42.4 Å². The van der Waals surface area contributed by atoms with Gasteiger partial charge in [-0.1, -0.05) is 30.3 Å². The fourth-order valence-electron chi connectivity index (χ4n) is 2.28. The van der Waals surface area contributed by atoms with E-state index in [4.69, 9.17) is 5.73 Å². The summed E-state index contributed by atoms with van der Waals surface area (Å²) in [6.07, 6.45) is 1.49. The van der Waals surface area contributed by atoms with Gasteiger partial charge >= 0.3 is 6.03 Å². The Labute approximate surface area is 139 Å². The van der Waals surface area contributed by atoms with Crippen molar-refractivity contribution in [3.63, 3.8) is 0 Å². The molecule has 23 heavy (non-hydrogen) atoms. The molecule has 120 valence electrons. The minimum atomic E-state index is -0.519. The first-order valence-electron chi connectivity index (χ1n) is 6.85. The molecule has 1 aliphatic rings. The third kappa shape index (κ3) is 3.24. The van der Waals surface area contributed by atoms with E-state index in [1.54, 1.807) is 6.92 Å². The number of nitrogens with one attached hydrogen (secondary N) is 1. The average molecular weight is 334 g/mol. The number of rotatable bonds is 3. The first-order valence-corrected chi connectivity index (χ1v) is 6.85. The van der Waals surface area contributed by atoms with E-state index < -0.39 is 12.1 Å². The predicted octanol–water partition coefficient (Wildman–Crippen LogP) is 1.59. The molecule has 0 saturated carbocycles. The van der Waals surface area contributed by atoms with Gasteiger partial charge in [-0.05, 0) is 6.92 Å². The van der Waals surface area contributed by atoms with Crippen LogP contribution in [0.4, 0.5) is 10.5 Å². The lowest BCUT2D eigenvalue weighted by Gasteiger charge is -2.13. The van der Waals surface area contributed by atoms with Crippen LogP contribution in [0.1, 0.15) is 12.7 Å². The summed E-state index contributed by atoms with van der Waals surface area (Å²) >= 11 is 0. The molecule has 1 saturated heterocycles. The summed E-state index contributed by atoms with van der Waals surface area (Å²) in [4.78, 5) is 33.2. The van der Waals surface area contributed by atoms with Crippen LogP contribution >= 0.6 is 12.4 Å². The molecule has 2 heterocycles. The number of carbonyl (C=O) groups is 2. The highest BCUT2D eigenvalue weighted by atomic mass is 35.5. The molecule has 7 nitrogen and oxygen atoms in total. The number of nitrogens with two attached hydrogens (primary N) is 1. The Morgan fingerprint density at radius 3 is 2.57 bits per heavy atom. The van der Waals surface area contributed by atoms with Gasteiger partial charge in [-0.15, -0.1) is 12.4 Å². The van der Waals surface area contributed by atoms with E-state index in [9.17, 15) is 9.59 Å². The number of imide groups is 1. The predicted molar refractivity (Wildman–Crippen MR) is 87.7 cm³/mol. The van der Waals surface area contributed by atoms with Crippen LogP contribution in [0.2, 0.25) is 0 Å². The smallest absolute Gasteiger partial charge is 0.325 e. The summed E-state index contributed by atoms with van der Waals surface area (Å²) in [5.41, 5.74) is 7.81. The van der Waals surface area contributed by atoms with Crippen molar-refractivity contribution in [1.29, 1.82) is 0 Å². The van der Waals surface area contributed by atoms with Crippen LogP contribution in [0.25, 0.3) is 11.3 Å². The van der Waals surface area contributed by atoms with Crippen molar-refractivity contribution in [2.24, 2.45) is 0 Å². The van der Waals surface area contributed by atoms with Gasteiger partial charge in [0.05, 0.1) is 24.1 Å². The highest BCUT2D eigenvalue weighted by molar-refractivity contribution is 6.03. The molecule has 1 aliphatic heterocycles. The van der Waals surface area contributed by atoms with Crippen molar-refractivity contribution < 1.29 is 9.59 Å². The van der Waals surface area contributed by atoms with Crippen LogP contribution in [-0.2, 0) is 11.3 Å². The summed E-state index contributed by atoms with van der Waals surface area (Å²) < 4.78 is 0. The highest BCUT2D eigenvalue weighted by Gasteiger charge is 2.35. The monoisotopic (exact) mass is 333 g/mol. The molecule has 0 bridgehead atoms. The number of halogens is 1. The van der Waals surface area contributed by atoms with Crippen LogP contribution in [0, 0.1) is 0 Å². The van der Waals surface area contributed by atoms with Crippen molar-refractivity contribution in [1.82, 2.24) is 20.2 Å². The Morgan fingerprint density at radius 2 is 1.96 bits per heavy atom. The molecule has 1 atom stereocenters. The molecule has 2 aromatic rings. The molecule has 3 amide bonds. The van der Waals surface area contributed by atoms with Crippen LogP contribution in [0.3, 0.4) is 0 Å². The van der Waals surface area contributed by atoms with Gasteiger partial charge in [0.15, 0.2) is 0 Å². The zero-order valence-corrected chi connectivity index (χ0v) is 13.2. The zero-order valence-electron chi connectivity index (χ0n) is 12.4. The minimum Gasteiger partial charge on any atom is -0.396 e. The molecular formula is C15H16ClN5O2. The summed E-state index contributed by atoms with van der Waals surface area (Å²) in [6, 6.07) is 8.49. The van der Waals surface area contributed by atoms with Gasteiger partial charge in [-0.2, -0.15) is 0 Å². The molecule has 1 unspecified atom stereocenters. The number of nitrogen functional groups attached to an aromatic ring is 1. The van der Waals surface area contributed by atoms with Crippen molar-refractivity contribution in [2.75, 3.05) is 5.73 Å². The second-order valence-corrected chi connectivity index (χ2v) is 5.05. The second kappa shape index (κ2) is 6.62. The van der Waals surface area contributed by atoms with Crippen molar-refractivity contribution in [3.8, 4) is 11.3 Å². The summed E-state index contributed by atoms with van der Waals surface area (Å²) in [6.45, 7) is 1.66. The summed E-state index contributed by atoms with van der Waals surface area (Å²) in [5.74, 6) is 0.0809. The largest absolute Gasteiger partial charge is 0.396 e. The van der Waals surface area contributed by atoms with Crippen LogP contribution in [0.15, 0.2) is 36.5 Å². The molecule has 0 spiro atoms. The SMILES string of the molecule is CC1NC(=O)N(Cc2ncc(N)c(-c3ccccc3)n2)C1=O.Cl. The lowest BCUT2D eigenvalue weighted by Crippen LogP contribution is -2.31. The maximum atomic E-state index is 11.9. The fraction of sp³-hybridized carbons (Fsp3) is 0.200. The Kier molecular flexibility index (Phi) is 4.80. The Morgan fingerprint density at radius 1 is 1.26 bits per heavy atom. The molecule has 3 N–H and O–H groups in total. The highest BCUT2D eigenvalue weighted by Crippen LogP contribution is 2.23. The third-order valence-corrected chi connectivity index (χ3v) is 3.44. The lowest BCUT2D eigenvalue weighted by molar-refractivity contribution is -0.127. The first kappa shape index (κ1) is 16.7. The molecular weight excluding hydrogens is 318 g/mol. The van der Waals surface area contributed by atoms with Gasteiger partial charge in [0.2, 0.25) is 0 Å². The average Bonchev–Trinajstić information content (AvgIpc) is 2.76. The normalized spacial score (nSPS) is 16.9. The van der Waals surface area contributed by atoms with E-state index in [0.29, 0.717) is 17.2 Å². The molecule has 1 aromatic heterocycles. The molecule has 1 fully saturated rings. The van der Waals surface area contributed by atoms with E-state index in [2.05, 4.69) is 15.3 Å². The van der Waals surface area contributed by atoms with Crippen LogP contribution in [-0.4, -0.2) is 32.8 Å². The van der Waals surface area contributed by atoms with E-state index in [1.807, 2.05) is 30.3 Å². The van der Waals surface area contributed by atoms with Gasteiger partial charge in [-0.3, -0.25) is 9.69 Å². The van der Waals surface area contributed by atoms with Crippen molar-refractivity contribution in [2.45, 2.75) is 19.5 Å². The van der Waals surface area contributed by atoms with Gasteiger partial charge in [0.1, 0.15) is 11.9 Å². The molecule has 1 aromatic carbocycles. The maximum absolute atomic E-state index is 11.9. The van der Waals surface area contributed by atoms with E-state index in [1.165, 1.54) is 6.20 Å². The number of anilines is 1. The number of carbonyl (C=O) groups excluding carboxylic acids is 2. The Balaban J connectivity index is 0.00000192. The Bertz CT molecular complexity index is 738. The lowest BCUT2D eigenvalue weighted by atomic mass is 10.1. The molecule has 0 aliphatic carbocycles. The van der Waals surface area contributed by atoms with E-state index in [0.717, 1.165) is 10.5 Å². The number of amides is 3. The number of urea groups is 1. The Hall–Kier alpha value is -2.67. The number of benzene rings is 1. The third-order valence-electron chi connectivity index (χ3n) is 3.44. The van der Waals surface area contributed by atoms with Crippen LogP contribution < -0.4 is 11.1 Å². The quantitative estimate of drug-likeness (QED) is 0.830. The summed E-state index contributed by atoms with van der Waals surface area (Å²) in [5, 5.41) is 2.55. The zero-order chi connectivity index (χ0) is 15.7. The van der Waals surface area contributed by atoms with Gasteiger partial charge in [0, 0.05) is 5.56 Å². The number of nitrogens with zero attached hydrogens (tertiary/aromatic N) is 3. The topological polar surface area (TPSA) is 101 Å². The van der Waals surface area contributed by atoms with E-state index >= 15 is 0 Å². The minimum absolute atomic E-state index is 0. The second-order valence-electron chi connectivity index (χ2n) is 5.05. The first-order chi connectivity index (χ1) is 10.6. The number of aromatic nitrogens is 2. The van der Waals surface area contributed by atoms with Crippen molar-refractivity contribution >= 4 is 30.0 Å². The summed E-state index contributed by atoms with van der Waals surface area (Å²) in [7, 11) is 0. The maximum Gasteiger partial charge on any atom is 0.325 e. The van der Waals surface area contributed by atoms with E-state index in [-0.39, 0.29) is 24.9 Å². The van der Waals surface area contributed by atoms with Gasteiger partial charge < -0.3 is 11.1 Å². The molecule has 8 heteroatoms.